The Kier molecular flexibility index (Phi) is 4.19. The predicted octanol–water partition coefficient (Wildman–Crippen LogP) is 3.07. The number of ether oxygens (including phenoxy) is 1. The van der Waals surface area contributed by atoms with Gasteiger partial charge in [0, 0.05) is 11.6 Å². The van der Waals surface area contributed by atoms with Crippen LogP contribution in [-0.4, -0.2) is 27.1 Å². The van der Waals surface area contributed by atoms with Crippen molar-refractivity contribution < 1.29 is 13.9 Å². The van der Waals surface area contributed by atoms with Crippen LogP contribution in [-0.2, 0) is 11.3 Å². The van der Waals surface area contributed by atoms with Crippen LogP contribution in [0.15, 0.2) is 52.1 Å². The van der Waals surface area contributed by atoms with Gasteiger partial charge in [-0.1, -0.05) is 24.3 Å². The lowest BCUT2D eigenvalue weighted by Crippen LogP contribution is -2.22. The zero-order valence-corrected chi connectivity index (χ0v) is 14.9. The molecule has 27 heavy (non-hydrogen) atoms. The van der Waals surface area contributed by atoms with Crippen molar-refractivity contribution in [2.75, 3.05) is 6.61 Å². The smallest absolute Gasteiger partial charge is 0.342 e. The van der Waals surface area contributed by atoms with Gasteiger partial charge in [0.05, 0.1) is 18.7 Å². The number of para-hydroxylation sites is 1. The molecule has 7 heteroatoms. The third kappa shape index (κ3) is 2.87. The van der Waals surface area contributed by atoms with E-state index in [9.17, 15) is 9.59 Å². The number of carbonyl (C=O) groups is 1. The quantitative estimate of drug-likeness (QED) is 0.518. The van der Waals surface area contributed by atoms with Crippen molar-refractivity contribution in [2.45, 2.75) is 20.4 Å². The number of hydrogen-bond donors (Lipinski definition) is 0. The third-order valence-electron chi connectivity index (χ3n) is 4.39. The summed E-state index contributed by atoms with van der Waals surface area (Å²) in [7, 11) is 0. The molecule has 0 amide bonds. The monoisotopic (exact) mass is 363 g/mol. The summed E-state index contributed by atoms with van der Waals surface area (Å²) in [5.74, 6) is -0.269. The molecule has 0 N–H and O–H groups in total. The van der Waals surface area contributed by atoms with Crippen LogP contribution in [0.1, 0.15) is 28.6 Å². The number of pyridine rings is 1. The normalized spacial score (nSPS) is 11.2. The van der Waals surface area contributed by atoms with Crippen molar-refractivity contribution in [2.24, 2.45) is 0 Å². The lowest BCUT2D eigenvalue weighted by atomic mass is 10.1. The fourth-order valence-electron chi connectivity index (χ4n) is 3.18. The Morgan fingerprint density at radius 3 is 2.85 bits per heavy atom. The standard InChI is InChI=1S/C20H17N3O4/c1-3-26-20(25)15-12(2)27-18-16(15)19(24)23(11-22-18)10-14-7-4-6-13-8-5-9-21-17(13)14/h4-9,11H,3,10H2,1-2H3. The number of carbonyl (C=O) groups excluding carboxylic acids is 1. The Morgan fingerprint density at radius 2 is 2.04 bits per heavy atom. The Labute approximate surface area is 154 Å². The van der Waals surface area contributed by atoms with E-state index in [1.165, 1.54) is 10.9 Å². The maximum Gasteiger partial charge on any atom is 0.342 e. The zero-order valence-electron chi connectivity index (χ0n) is 14.9. The molecule has 0 aliphatic rings. The molecule has 136 valence electrons. The number of fused-ring (bicyclic) bond motifs is 2. The number of benzene rings is 1. The van der Waals surface area contributed by atoms with Crippen molar-refractivity contribution in [1.82, 2.24) is 14.5 Å². The number of aromatic nitrogens is 3. The van der Waals surface area contributed by atoms with Crippen LogP contribution >= 0.6 is 0 Å². The first kappa shape index (κ1) is 17.0. The number of aryl methyl sites for hydroxylation is 1. The SMILES string of the molecule is CCOC(=O)c1c(C)oc2ncn(Cc3cccc4cccnc34)c(=O)c12. The predicted molar refractivity (Wildman–Crippen MR) is 99.8 cm³/mol. The number of hydrogen-bond acceptors (Lipinski definition) is 6. The minimum atomic E-state index is -0.586. The molecule has 1 aromatic carbocycles. The van der Waals surface area contributed by atoms with Crippen LogP contribution in [0.2, 0.25) is 0 Å². The summed E-state index contributed by atoms with van der Waals surface area (Å²) >= 11 is 0. The molecule has 3 heterocycles. The summed E-state index contributed by atoms with van der Waals surface area (Å²) in [6.07, 6.45) is 3.14. The minimum Gasteiger partial charge on any atom is -0.462 e. The average Bonchev–Trinajstić information content (AvgIpc) is 3.01. The molecular weight excluding hydrogens is 346 g/mol. The van der Waals surface area contributed by atoms with Gasteiger partial charge in [-0.2, -0.15) is 0 Å². The lowest BCUT2D eigenvalue weighted by molar-refractivity contribution is 0.0526. The largest absolute Gasteiger partial charge is 0.462 e. The van der Waals surface area contributed by atoms with Gasteiger partial charge in [0.25, 0.3) is 5.56 Å². The van der Waals surface area contributed by atoms with Crippen LogP contribution in [0, 0.1) is 6.92 Å². The van der Waals surface area contributed by atoms with Gasteiger partial charge in [-0.05, 0) is 25.5 Å². The first-order chi connectivity index (χ1) is 13.1. The van der Waals surface area contributed by atoms with E-state index in [0.717, 1.165) is 16.5 Å². The van der Waals surface area contributed by atoms with Crippen LogP contribution < -0.4 is 5.56 Å². The zero-order chi connectivity index (χ0) is 19.0. The van der Waals surface area contributed by atoms with E-state index >= 15 is 0 Å². The molecule has 0 saturated carbocycles. The molecule has 0 aliphatic heterocycles. The van der Waals surface area contributed by atoms with Crippen molar-refractivity contribution in [3.63, 3.8) is 0 Å². The molecular formula is C20H17N3O4. The highest BCUT2D eigenvalue weighted by atomic mass is 16.5. The molecule has 4 aromatic rings. The molecule has 0 radical (unpaired) electrons. The number of rotatable bonds is 4. The maximum absolute atomic E-state index is 13.0. The van der Waals surface area contributed by atoms with E-state index in [1.54, 1.807) is 20.0 Å². The van der Waals surface area contributed by atoms with Gasteiger partial charge in [-0.25, -0.2) is 9.78 Å². The van der Waals surface area contributed by atoms with Crippen LogP contribution in [0.25, 0.3) is 22.0 Å². The second-order valence-electron chi connectivity index (χ2n) is 6.10. The molecule has 0 saturated heterocycles. The van der Waals surface area contributed by atoms with Gasteiger partial charge in [0.1, 0.15) is 23.0 Å². The number of nitrogens with zero attached hydrogens (tertiary/aromatic N) is 3. The highest BCUT2D eigenvalue weighted by molar-refractivity contribution is 6.03. The molecule has 0 unspecified atom stereocenters. The summed E-state index contributed by atoms with van der Waals surface area (Å²) in [5.41, 5.74) is 1.62. The summed E-state index contributed by atoms with van der Waals surface area (Å²) < 4.78 is 12.0. The van der Waals surface area contributed by atoms with E-state index in [0.29, 0.717) is 5.76 Å². The van der Waals surface area contributed by atoms with Crippen molar-refractivity contribution in [3.05, 3.63) is 70.1 Å². The van der Waals surface area contributed by atoms with E-state index in [4.69, 9.17) is 9.15 Å². The van der Waals surface area contributed by atoms with Gasteiger partial charge in [-0.3, -0.25) is 14.3 Å². The lowest BCUT2D eigenvalue weighted by Gasteiger charge is -2.08. The minimum absolute atomic E-state index is 0.132. The van der Waals surface area contributed by atoms with Gasteiger partial charge >= 0.3 is 5.97 Å². The topological polar surface area (TPSA) is 87.2 Å². The van der Waals surface area contributed by atoms with E-state index < -0.39 is 5.97 Å². The fourth-order valence-corrected chi connectivity index (χ4v) is 3.18. The number of furan rings is 1. The molecule has 0 bridgehead atoms. The fraction of sp³-hybridized carbons (Fsp3) is 0.200. The number of esters is 1. The first-order valence-electron chi connectivity index (χ1n) is 8.58. The summed E-state index contributed by atoms with van der Waals surface area (Å²) in [5, 5.41) is 1.13. The Morgan fingerprint density at radius 1 is 1.22 bits per heavy atom. The van der Waals surface area contributed by atoms with E-state index in [-0.39, 0.29) is 35.4 Å². The summed E-state index contributed by atoms with van der Waals surface area (Å²) in [6.45, 7) is 3.82. The molecule has 0 aliphatic carbocycles. The highest BCUT2D eigenvalue weighted by Gasteiger charge is 2.24. The first-order valence-corrected chi connectivity index (χ1v) is 8.58. The van der Waals surface area contributed by atoms with Gasteiger partial charge in [-0.15, -0.1) is 0 Å². The van der Waals surface area contributed by atoms with Crippen molar-refractivity contribution in [3.8, 4) is 0 Å². The van der Waals surface area contributed by atoms with E-state index in [1.807, 2.05) is 30.3 Å². The van der Waals surface area contributed by atoms with Crippen LogP contribution in [0.3, 0.4) is 0 Å². The van der Waals surface area contributed by atoms with Crippen molar-refractivity contribution >= 4 is 28.0 Å². The van der Waals surface area contributed by atoms with Gasteiger partial charge in [0.15, 0.2) is 0 Å². The molecule has 4 rings (SSSR count). The molecule has 0 spiro atoms. The second kappa shape index (κ2) is 6.68. The summed E-state index contributed by atoms with van der Waals surface area (Å²) in [4.78, 5) is 33.9. The summed E-state index contributed by atoms with van der Waals surface area (Å²) in [6, 6.07) is 9.63. The molecule has 0 atom stereocenters. The molecule has 0 fully saturated rings. The highest BCUT2D eigenvalue weighted by Crippen LogP contribution is 2.22. The van der Waals surface area contributed by atoms with E-state index in [2.05, 4.69) is 9.97 Å². The van der Waals surface area contributed by atoms with Crippen LogP contribution in [0.5, 0.6) is 0 Å². The Hall–Kier alpha value is -3.48. The Balaban J connectivity index is 1.86. The average molecular weight is 363 g/mol. The third-order valence-corrected chi connectivity index (χ3v) is 4.39. The Bertz CT molecular complexity index is 1220. The maximum atomic E-state index is 13.0. The van der Waals surface area contributed by atoms with Crippen LogP contribution in [0.4, 0.5) is 0 Å². The van der Waals surface area contributed by atoms with Crippen molar-refractivity contribution in [1.29, 1.82) is 0 Å². The molecule has 7 nitrogen and oxygen atoms in total. The van der Waals surface area contributed by atoms with Gasteiger partial charge < -0.3 is 9.15 Å². The van der Waals surface area contributed by atoms with Gasteiger partial charge in [0.2, 0.25) is 5.71 Å². The second-order valence-corrected chi connectivity index (χ2v) is 6.10. The molecule has 3 aromatic heterocycles.